The summed E-state index contributed by atoms with van der Waals surface area (Å²) in [6, 6.07) is 5.69. The summed E-state index contributed by atoms with van der Waals surface area (Å²) in [7, 11) is 0. The van der Waals surface area contributed by atoms with Gasteiger partial charge in [0.25, 0.3) is 11.8 Å². The number of nitrogens with one attached hydrogen (secondary N) is 1. The third kappa shape index (κ3) is 4.52. The number of piperazine rings is 1. The first kappa shape index (κ1) is 20.7. The fourth-order valence-corrected chi connectivity index (χ4v) is 3.50. The highest BCUT2D eigenvalue weighted by Crippen LogP contribution is 2.18. The maximum absolute atomic E-state index is 13.2. The first-order valence-electron chi connectivity index (χ1n) is 9.90. The van der Waals surface area contributed by atoms with E-state index in [1.165, 1.54) is 12.5 Å². The van der Waals surface area contributed by atoms with Gasteiger partial charge in [-0.05, 0) is 37.1 Å². The molecule has 0 bridgehead atoms. The largest absolute Gasteiger partial charge is 0.459 e. The first-order chi connectivity index (χ1) is 13.9. The SMILES string of the molecule is CCC(C)C(NC(=O)c1ccco1)C(=O)N1CCN(C(=O)c2ccco2)C(C)C1. The molecule has 0 aromatic carbocycles. The maximum Gasteiger partial charge on any atom is 0.289 e. The van der Waals surface area contributed by atoms with Gasteiger partial charge < -0.3 is 24.0 Å². The Morgan fingerprint density at radius 1 is 1.14 bits per heavy atom. The van der Waals surface area contributed by atoms with Gasteiger partial charge in [0.2, 0.25) is 5.91 Å². The van der Waals surface area contributed by atoms with E-state index < -0.39 is 11.9 Å². The lowest BCUT2D eigenvalue weighted by molar-refractivity contribution is -0.137. The van der Waals surface area contributed by atoms with E-state index in [9.17, 15) is 14.4 Å². The second-order valence-electron chi connectivity index (χ2n) is 7.42. The lowest BCUT2D eigenvalue weighted by Gasteiger charge is -2.41. The smallest absolute Gasteiger partial charge is 0.289 e. The molecular formula is C21H27N3O5. The molecule has 29 heavy (non-hydrogen) atoms. The van der Waals surface area contributed by atoms with Crippen LogP contribution in [0.3, 0.4) is 0 Å². The van der Waals surface area contributed by atoms with Crippen LogP contribution in [0.5, 0.6) is 0 Å². The molecule has 1 aliphatic rings. The zero-order chi connectivity index (χ0) is 21.0. The molecule has 3 heterocycles. The van der Waals surface area contributed by atoms with Gasteiger partial charge in [-0.3, -0.25) is 14.4 Å². The van der Waals surface area contributed by atoms with Gasteiger partial charge in [0.15, 0.2) is 11.5 Å². The van der Waals surface area contributed by atoms with Crippen LogP contribution in [-0.4, -0.2) is 59.2 Å². The lowest BCUT2D eigenvalue weighted by atomic mass is 9.97. The standard InChI is InChI=1S/C21H27N3O5/c1-4-14(2)18(22-19(25)16-7-5-11-28-16)21(27)23-9-10-24(15(3)13-23)20(26)17-8-6-12-29-17/h5-8,11-12,14-15,18H,4,9-10,13H2,1-3H3,(H,22,25). The van der Waals surface area contributed by atoms with Crippen LogP contribution in [0.25, 0.3) is 0 Å². The van der Waals surface area contributed by atoms with E-state index in [-0.39, 0.29) is 29.5 Å². The number of amides is 3. The van der Waals surface area contributed by atoms with Crippen LogP contribution in [-0.2, 0) is 4.79 Å². The molecular weight excluding hydrogens is 374 g/mol. The predicted octanol–water partition coefficient (Wildman–Crippen LogP) is 2.39. The molecule has 3 rings (SSSR count). The van der Waals surface area contributed by atoms with Crippen molar-refractivity contribution in [1.82, 2.24) is 15.1 Å². The fraction of sp³-hybridized carbons (Fsp3) is 0.476. The molecule has 8 heteroatoms. The van der Waals surface area contributed by atoms with Gasteiger partial charge in [-0.1, -0.05) is 20.3 Å². The van der Waals surface area contributed by atoms with Crippen LogP contribution < -0.4 is 5.32 Å². The molecule has 0 spiro atoms. The average molecular weight is 401 g/mol. The molecule has 0 saturated carbocycles. The molecule has 3 amide bonds. The van der Waals surface area contributed by atoms with Gasteiger partial charge in [-0.2, -0.15) is 0 Å². The van der Waals surface area contributed by atoms with E-state index in [1.54, 1.807) is 34.1 Å². The van der Waals surface area contributed by atoms with E-state index >= 15 is 0 Å². The van der Waals surface area contributed by atoms with Crippen LogP contribution in [0.15, 0.2) is 45.6 Å². The summed E-state index contributed by atoms with van der Waals surface area (Å²) in [5, 5.41) is 2.82. The zero-order valence-corrected chi connectivity index (χ0v) is 17.0. The van der Waals surface area contributed by atoms with Crippen molar-refractivity contribution in [2.75, 3.05) is 19.6 Å². The minimum absolute atomic E-state index is 0.0421. The molecule has 1 aliphatic heterocycles. The van der Waals surface area contributed by atoms with Gasteiger partial charge in [0.05, 0.1) is 12.5 Å². The third-order valence-corrected chi connectivity index (χ3v) is 5.44. The van der Waals surface area contributed by atoms with Crippen molar-refractivity contribution < 1.29 is 23.2 Å². The predicted molar refractivity (Wildman–Crippen MR) is 105 cm³/mol. The number of carbonyl (C=O) groups excluding carboxylic acids is 3. The summed E-state index contributed by atoms with van der Waals surface area (Å²) in [4.78, 5) is 41.6. The Kier molecular flexibility index (Phi) is 6.41. The molecule has 1 saturated heterocycles. The maximum atomic E-state index is 13.2. The fourth-order valence-electron chi connectivity index (χ4n) is 3.50. The molecule has 156 valence electrons. The van der Waals surface area contributed by atoms with Gasteiger partial charge in [0.1, 0.15) is 6.04 Å². The van der Waals surface area contributed by atoms with Gasteiger partial charge in [0, 0.05) is 25.7 Å². The Balaban J connectivity index is 1.67. The summed E-state index contributed by atoms with van der Waals surface area (Å²) in [6.07, 6.45) is 3.63. The van der Waals surface area contributed by atoms with Crippen LogP contribution in [0.4, 0.5) is 0 Å². The van der Waals surface area contributed by atoms with Gasteiger partial charge in [-0.25, -0.2) is 0 Å². The molecule has 3 unspecified atom stereocenters. The minimum Gasteiger partial charge on any atom is -0.459 e. The molecule has 8 nitrogen and oxygen atoms in total. The Morgan fingerprint density at radius 3 is 2.34 bits per heavy atom. The number of hydrogen-bond acceptors (Lipinski definition) is 5. The number of carbonyl (C=O) groups is 3. The molecule has 2 aromatic rings. The van der Waals surface area contributed by atoms with E-state index in [0.717, 1.165) is 6.42 Å². The second-order valence-corrected chi connectivity index (χ2v) is 7.42. The highest BCUT2D eigenvalue weighted by Gasteiger charge is 2.36. The summed E-state index contributed by atoms with van der Waals surface area (Å²) in [6.45, 7) is 7.03. The summed E-state index contributed by atoms with van der Waals surface area (Å²) in [5.74, 6) is -0.309. The summed E-state index contributed by atoms with van der Waals surface area (Å²) in [5.41, 5.74) is 0. The Bertz CT molecular complexity index is 831. The van der Waals surface area contributed by atoms with E-state index in [2.05, 4.69) is 5.32 Å². The normalized spacial score (nSPS) is 18.9. The number of hydrogen-bond donors (Lipinski definition) is 1. The van der Waals surface area contributed by atoms with Crippen molar-refractivity contribution in [3.63, 3.8) is 0 Å². The third-order valence-electron chi connectivity index (χ3n) is 5.44. The molecule has 0 aliphatic carbocycles. The van der Waals surface area contributed by atoms with Gasteiger partial charge >= 0.3 is 0 Å². The summed E-state index contributed by atoms with van der Waals surface area (Å²) >= 11 is 0. The highest BCUT2D eigenvalue weighted by atomic mass is 16.3. The molecule has 1 N–H and O–H groups in total. The van der Waals surface area contributed by atoms with Crippen LogP contribution in [0.1, 0.15) is 48.3 Å². The minimum atomic E-state index is -0.655. The van der Waals surface area contributed by atoms with E-state index in [1.807, 2.05) is 20.8 Å². The average Bonchev–Trinajstić information content (AvgIpc) is 3.44. The Hall–Kier alpha value is -3.03. The van der Waals surface area contributed by atoms with Crippen LogP contribution in [0.2, 0.25) is 0 Å². The van der Waals surface area contributed by atoms with Crippen LogP contribution in [0, 0.1) is 5.92 Å². The van der Waals surface area contributed by atoms with Crippen molar-refractivity contribution in [3.05, 3.63) is 48.3 Å². The molecule has 2 aromatic heterocycles. The van der Waals surface area contributed by atoms with E-state index in [0.29, 0.717) is 25.4 Å². The van der Waals surface area contributed by atoms with Gasteiger partial charge in [-0.15, -0.1) is 0 Å². The highest BCUT2D eigenvalue weighted by molar-refractivity contribution is 5.96. The van der Waals surface area contributed by atoms with E-state index in [4.69, 9.17) is 8.83 Å². The van der Waals surface area contributed by atoms with Crippen molar-refractivity contribution >= 4 is 17.7 Å². The Morgan fingerprint density at radius 2 is 1.79 bits per heavy atom. The molecule has 0 radical (unpaired) electrons. The van der Waals surface area contributed by atoms with Crippen molar-refractivity contribution in [2.24, 2.45) is 5.92 Å². The van der Waals surface area contributed by atoms with Crippen molar-refractivity contribution in [2.45, 2.75) is 39.3 Å². The zero-order valence-electron chi connectivity index (χ0n) is 17.0. The topological polar surface area (TPSA) is 96.0 Å². The molecule has 1 fully saturated rings. The number of nitrogens with zero attached hydrogens (tertiary/aromatic N) is 2. The second kappa shape index (κ2) is 8.98. The summed E-state index contributed by atoms with van der Waals surface area (Å²) < 4.78 is 10.3. The molecule has 3 atom stereocenters. The quantitative estimate of drug-likeness (QED) is 0.802. The first-order valence-corrected chi connectivity index (χ1v) is 9.90. The van der Waals surface area contributed by atoms with Crippen LogP contribution >= 0.6 is 0 Å². The van der Waals surface area contributed by atoms with Crippen molar-refractivity contribution in [3.8, 4) is 0 Å². The number of rotatable bonds is 6. The Labute approximate surface area is 169 Å². The van der Waals surface area contributed by atoms with Crippen molar-refractivity contribution in [1.29, 1.82) is 0 Å². The monoisotopic (exact) mass is 401 g/mol. The number of furan rings is 2. The lowest BCUT2D eigenvalue weighted by Crippen LogP contribution is -2.60.